The van der Waals surface area contributed by atoms with E-state index in [1.165, 1.54) is 0 Å². The summed E-state index contributed by atoms with van der Waals surface area (Å²) < 4.78 is 5.30. The molecular formula is C10H16N6O3. The van der Waals surface area contributed by atoms with Crippen molar-refractivity contribution in [2.75, 3.05) is 24.0 Å². The molecule has 19 heavy (non-hydrogen) atoms. The minimum atomic E-state index is -0.503. The zero-order chi connectivity index (χ0) is 14.0. The maximum atomic E-state index is 11.1. The Morgan fingerprint density at radius 3 is 2.79 bits per heavy atom. The second-order valence-electron chi connectivity index (χ2n) is 4.72. The van der Waals surface area contributed by atoms with Crippen LogP contribution in [0.2, 0.25) is 0 Å². The van der Waals surface area contributed by atoms with Crippen molar-refractivity contribution in [3.05, 3.63) is 15.8 Å². The van der Waals surface area contributed by atoms with Gasteiger partial charge in [-0.3, -0.25) is 15.5 Å². The molecule has 4 N–H and O–H groups in total. The molecule has 9 nitrogen and oxygen atoms in total. The molecule has 104 valence electrons. The molecule has 1 aliphatic rings. The van der Waals surface area contributed by atoms with Crippen molar-refractivity contribution < 1.29 is 9.66 Å². The molecule has 1 aromatic heterocycles. The maximum absolute atomic E-state index is 11.1. The van der Waals surface area contributed by atoms with Crippen molar-refractivity contribution in [3.63, 3.8) is 0 Å². The molecule has 0 radical (unpaired) electrons. The third-order valence-electron chi connectivity index (χ3n) is 3.01. The van der Waals surface area contributed by atoms with Crippen LogP contribution in [0.5, 0.6) is 0 Å². The lowest BCUT2D eigenvalue weighted by Crippen LogP contribution is -2.36. The number of nitrogens with two attached hydrogens (primary N) is 1. The van der Waals surface area contributed by atoms with Gasteiger partial charge >= 0.3 is 5.69 Å². The van der Waals surface area contributed by atoms with Crippen LogP contribution in [-0.4, -0.2) is 33.6 Å². The highest BCUT2D eigenvalue weighted by molar-refractivity contribution is 5.61. The normalized spacial score (nSPS) is 22.3. The minimum absolute atomic E-state index is 0.133. The number of rotatable bonds is 4. The van der Waals surface area contributed by atoms with Crippen molar-refractivity contribution >= 4 is 17.5 Å². The highest BCUT2D eigenvalue weighted by atomic mass is 16.6. The van der Waals surface area contributed by atoms with E-state index in [0.717, 1.165) is 6.42 Å². The quantitative estimate of drug-likeness (QED) is 0.410. The molecular weight excluding hydrogens is 252 g/mol. The van der Waals surface area contributed by atoms with Crippen molar-refractivity contribution in [1.29, 1.82) is 0 Å². The van der Waals surface area contributed by atoms with E-state index in [0.29, 0.717) is 13.2 Å². The molecule has 1 aliphatic heterocycles. The zero-order valence-corrected chi connectivity index (χ0v) is 10.8. The summed E-state index contributed by atoms with van der Waals surface area (Å²) in [6.45, 7) is 4.55. The molecule has 1 aromatic rings. The molecule has 0 spiro atoms. The van der Waals surface area contributed by atoms with Crippen LogP contribution in [0.25, 0.3) is 0 Å². The van der Waals surface area contributed by atoms with Crippen LogP contribution in [0.15, 0.2) is 0 Å². The largest absolute Gasteiger partial charge is 0.379 e. The van der Waals surface area contributed by atoms with Gasteiger partial charge in [-0.15, -0.1) is 0 Å². The third kappa shape index (κ3) is 2.71. The van der Waals surface area contributed by atoms with E-state index in [9.17, 15) is 10.1 Å². The molecule has 9 heteroatoms. The van der Waals surface area contributed by atoms with Gasteiger partial charge < -0.3 is 10.1 Å². The van der Waals surface area contributed by atoms with Gasteiger partial charge in [-0.2, -0.15) is 4.98 Å². The molecule has 1 fully saturated rings. The summed E-state index contributed by atoms with van der Waals surface area (Å²) in [5.74, 6) is 5.54. The van der Waals surface area contributed by atoms with Gasteiger partial charge in [-0.25, -0.2) is 10.8 Å². The number of nitrogen functional groups attached to an aromatic ring is 1. The van der Waals surface area contributed by atoms with E-state index in [4.69, 9.17) is 10.6 Å². The monoisotopic (exact) mass is 268 g/mol. The summed E-state index contributed by atoms with van der Waals surface area (Å²) in [6, 6.07) is 0. The van der Waals surface area contributed by atoms with Crippen LogP contribution in [0, 0.1) is 17.0 Å². The first-order valence-corrected chi connectivity index (χ1v) is 5.81. The summed E-state index contributed by atoms with van der Waals surface area (Å²) in [7, 11) is 0. The van der Waals surface area contributed by atoms with Gasteiger partial charge in [0.15, 0.2) is 0 Å². The summed E-state index contributed by atoms with van der Waals surface area (Å²) >= 11 is 0. The Morgan fingerprint density at radius 2 is 2.26 bits per heavy atom. The number of nitro groups is 1. The van der Waals surface area contributed by atoms with Crippen molar-refractivity contribution in [1.82, 2.24) is 9.97 Å². The first-order valence-electron chi connectivity index (χ1n) is 5.81. The van der Waals surface area contributed by atoms with Gasteiger partial charge in [0.2, 0.25) is 11.8 Å². The minimum Gasteiger partial charge on any atom is -0.379 e. The van der Waals surface area contributed by atoms with Gasteiger partial charge in [0, 0.05) is 6.61 Å². The first kappa shape index (κ1) is 13.4. The van der Waals surface area contributed by atoms with E-state index in [2.05, 4.69) is 20.7 Å². The van der Waals surface area contributed by atoms with E-state index in [1.807, 2.05) is 6.92 Å². The Morgan fingerprint density at radius 1 is 1.53 bits per heavy atom. The molecule has 0 amide bonds. The summed E-state index contributed by atoms with van der Waals surface area (Å²) in [5.41, 5.74) is 2.02. The fourth-order valence-electron chi connectivity index (χ4n) is 1.99. The Kier molecular flexibility index (Phi) is 3.49. The third-order valence-corrected chi connectivity index (χ3v) is 3.01. The van der Waals surface area contributed by atoms with Crippen molar-refractivity contribution in [3.8, 4) is 0 Å². The van der Waals surface area contributed by atoms with E-state index in [-0.39, 0.29) is 28.7 Å². The van der Waals surface area contributed by atoms with Crippen LogP contribution in [0.3, 0.4) is 0 Å². The second kappa shape index (κ2) is 4.94. The maximum Gasteiger partial charge on any atom is 0.332 e. The zero-order valence-electron chi connectivity index (χ0n) is 10.8. The van der Waals surface area contributed by atoms with Crippen molar-refractivity contribution in [2.24, 2.45) is 5.84 Å². The number of hydrazine groups is 1. The number of ether oxygens (including phenoxy) is 1. The highest BCUT2D eigenvalue weighted by Crippen LogP contribution is 2.31. The van der Waals surface area contributed by atoms with Crippen LogP contribution in [0.1, 0.15) is 19.0 Å². The van der Waals surface area contributed by atoms with E-state index in [1.54, 1.807) is 6.92 Å². The van der Waals surface area contributed by atoms with Crippen LogP contribution >= 0.6 is 0 Å². The van der Waals surface area contributed by atoms with Gasteiger partial charge in [-0.1, -0.05) is 0 Å². The number of anilines is 2. The van der Waals surface area contributed by atoms with E-state index >= 15 is 0 Å². The Labute approximate surface area is 109 Å². The molecule has 2 rings (SSSR count). The fraction of sp³-hybridized carbons (Fsp3) is 0.600. The topological polar surface area (TPSA) is 128 Å². The Balaban J connectivity index is 2.41. The Hall–Kier alpha value is -2.00. The molecule has 1 saturated heterocycles. The predicted molar refractivity (Wildman–Crippen MR) is 68.7 cm³/mol. The van der Waals surface area contributed by atoms with Crippen molar-refractivity contribution in [2.45, 2.75) is 25.8 Å². The lowest BCUT2D eigenvalue weighted by Gasteiger charge is -2.24. The van der Waals surface area contributed by atoms with Gasteiger partial charge in [0.05, 0.1) is 17.1 Å². The summed E-state index contributed by atoms with van der Waals surface area (Å²) in [6.07, 6.45) is 0.749. The van der Waals surface area contributed by atoms with Gasteiger partial charge in [-0.05, 0) is 20.3 Å². The number of nitrogens with one attached hydrogen (secondary N) is 2. The smallest absolute Gasteiger partial charge is 0.332 e. The lowest BCUT2D eigenvalue weighted by atomic mass is 10.0. The molecule has 2 heterocycles. The molecule has 1 unspecified atom stereocenters. The second-order valence-corrected chi connectivity index (χ2v) is 4.72. The predicted octanol–water partition coefficient (Wildman–Crippen LogP) is 0.570. The number of aryl methyl sites for hydroxylation is 1. The number of nitrogens with zero attached hydrogens (tertiary/aromatic N) is 3. The number of aromatic nitrogens is 2. The van der Waals surface area contributed by atoms with Crippen LogP contribution < -0.4 is 16.6 Å². The average molecular weight is 268 g/mol. The number of hydrogen-bond donors (Lipinski definition) is 3. The van der Waals surface area contributed by atoms with Crippen LogP contribution in [0.4, 0.5) is 17.5 Å². The van der Waals surface area contributed by atoms with Crippen LogP contribution in [-0.2, 0) is 4.74 Å². The van der Waals surface area contributed by atoms with E-state index < -0.39 is 4.92 Å². The Bertz CT molecular complexity index is 500. The van der Waals surface area contributed by atoms with Gasteiger partial charge in [0.25, 0.3) is 0 Å². The molecule has 0 aliphatic carbocycles. The summed E-state index contributed by atoms with van der Waals surface area (Å²) in [5, 5.41) is 14.2. The number of hydrogen-bond acceptors (Lipinski definition) is 8. The first-order chi connectivity index (χ1) is 8.95. The standard InChI is InChI=1S/C10H16N6O3/c1-6-7(16(17)18)8(13-9(12-6)15-11)14-10(2)3-4-19-5-10/h3-5,11H2,1-2H3,(H2,12,13,14,15). The molecule has 1 atom stereocenters. The molecule has 0 aromatic carbocycles. The fourth-order valence-corrected chi connectivity index (χ4v) is 1.99. The SMILES string of the molecule is Cc1nc(NN)nc(NC2(C)CCOC2)c1[N+](=O)[O-]. The molecule has 0 saturated carbocycles. The molecule has 0 bridgehead atoms. The lowest BCUT2D eigenvalue weighted by molar-refractivity contribution is -0.385. The van der Waals surface area contributed by atoms with Gasteiger partial charge in [0.1, 0.15) is 5.69 Å². The average Bonchev–Trinajstić information content (AvgIpc) is 2.74. The highest BCUT2D eigenvalue weighted by Gasteiger charge is 2.33. The summed E-state index contributed by atoms with van der Waals surface area (Å²) in [4.78, 5) is 18.6.